The number of aryl methyl sites for hydroxylation is 1. The first-order valence-electron chi connectivity index (χ1n) is 9.04. The van der Waals surface area contributed by atoms with Crippen LogP contribution in [0.2, 0.25) is 0 Å². The number of ether oxygens (including phenoxy) is 1. The summed E-state index contributed by atoms with van der Waals surface area (Å²) in [6, 6.07) is 5.38. The molecule has 0 saturated carbocycles. The molecule has 1 rings (SSSR count). The van der Waals surface area contributed by atoms with E-state index in [9.17, 15) is 8.42 Å². The van der Waals surface area contributed by atoms with Crippen LogP contribution in [0, 0.1) is 12.8 Å². The Morgan fingerprint density at radius 2 is 1.93 bits per heavy atom. The summed E-state index contributed by atoms with van der Waals surface area (Å²) in [5, 5.41) is 6.55. The topological polar surface area (TPSA) is 79.8 Å². The molecule has 1 aromatic rings. The lowest BCUT2D eigenvalue weighted by Gasteiger charge is -2.21. The third-order valence-corrected chi connectivity index (χ3v) is 5.42. The van der Waals surface area contributed by atoms with Gasteiger partial charge in [-0.2, -0.15) is 0 Å². The van der Waals surface area contributed by atoms with Gasteiger partial charge in [-0.1, -0.05) is 26.0 Å². The molecule has 6 nitrogen and oxygen atoms in total. The second-order valence-corrected chi connectivity index (χ2v) is 8.74. The van der Waals surface area contributed by atoms with Crippen molar-refractivity contribution >= 4 is 39.8 Å². The summed E-state index contributed by atoms with van der Waals surface area (Å²) in [7, 11) is -1.45. The number of nitrogens with one attached hydrogen (secondary N) is 2. The molecule has 0 fully saturated rings. The average Bonchev–Trinajstić information content (AvgIpc) is 2.55. The maximum absolute atomic E-state index is 11.7. The van der Waals surface area contributed by atoms with Gasteiger partial charge in [-0.3, -0.25) is 4.99 Å². The Kier molecular flexibility index (Phi) is 12.2. The van der Waals surface area contributed by atoms with Crippen LogP contribution in [0.5, 0.6) is 0 Å². The fourth-order valence-electron chi connectivity index (χ4n) is 2.80. The van der Waals surface area contributed by atoms with Gasteiger partial charge in [0.1, 0.15) is 0 Å². The van der Waals surface area contributed by atoms with Gasteiger partial charge in [0, 0.05) is 33.0 Å². The predicted molar refractivity (Wildman–Crippen MR) is 123 cm³/mol. The van der Waals surface area contributed by atoms with E-state index in [0.717, 1.165) is 30.7 Å². The molecule has 1 aromatic carbocycles. The molecule has 156 valence electrons. The van der Waals surface area contributed by atoms with E-state index in [-0.39, 0.29) is 30.1 Å². The highest BCUT2D eigenvalue weighted by Gasteiger charge is 2.13. The van der Waals surface area contributed by atoms with Gasteiger partial charge < -0.3 is 15.4 Å². The number of rotatable bonds is 9. The number of hydrogen-bond acceptors (Lipinski definition) is 4. The molecule has 0 spiro atoms. The predicted octanol–water partition coefficient (Wildman–Crippen LogP) is 3.13. The molecule has 8 heteroatoms. The SMILES string of the molecule is CCOC(CCNC(=NC)NCc1ccc(S(C)(=O)=O)c(C)c1)C(C)C.I. The van der Waals surface area contributed by atoms with Crippen molar-refractivity contribution in [3.8, 4) is 0 Å². The largest absolute Gasteiger partial charge is 0.378 e. The first-order valence-corrected chi connectivity index (χ1v) is 10.9. The average molecular weight is 511 g/mol. The number of nitrogens with zero attached hydrogens (tertiary/aromatic N) is 1. The van der Waals surface area contributed by atoms with Crippen molar-refractivity contribution in [2.45, 2.75) is 51.7 Å². The molecule has 0 aliphatic rings. The highest BCUT2D eigenvalue weighted by atomic mass is 127. The van der Waals surface area contributed by atoms with Crippen LogP contribution in [0.1, 0.15) is 38.3 Å². The van der Waals surface area contributed by atoms with Crippen LogP contribution in [0.4, 0.5) is 0 Å². The van der Waals surface area contributed by atoms with Gasteiger partial charge in [0.15, 0.2) is 15.8 Å². The molecule has 0 aliphatic carbocycles. The minimum absolute atomic E-state index is 0. The molecule has 0 bridgehead atoms. The minimum atomic E-state index is -3.19. The minimum Gasteiger partial charge on any atom is -0.378 e. The zero-order chi connectivity index (χ0) is 19.7. The summed E-state index contributed by atoms with van der Waals surface area (Å²) >= 11 is 0. The molecular weight excluding hydrogens is 477 g/mol. The number of halogens is 1. The second-order valence-electron chi connectivity index (χ2n) is 6.75. The summed E-state index contributed by atoms with van der Waals surface area (Å²) in [5.41, 5.74) is 1.76. The lowest BCUT2D eigenvalue weighted by Crippen LogP contribution is -2.39. The third-order valence-electron chi connectivity index (χ3n) is 4.17. The summed E-state index contributed by atoms with van der Waals surface area (Å²) < 4.78 is 29.1. The van der Waals surface area contributed by atoms with Crippen molar-refractivity contribution in [1.82, 2.24) is 10.6 Å². The summed E-state index contributed by atoms with van der Waals surface area (Å²) in [5.74, 6) is 1.19. The van der Waals surface area contributed by atoms with Gasteiger partial charge in [0.05, 0.1) is 11.0 Å². The third kappa shape index (κ3) is 9.25. The number of sulfone groups is 1. The standard InChI is InChI=1S/C19H33N3O3S.HI/c1-7-25-17(14(2)3)10-11-21-19(20-5)22-13-16-8-9-18(15(4)12-16)26(6,23)24;/h8-9,12,14,17H,7,10-11,13H2,1-6H3,(H2,20,21,22);1H. The van der Waals surface area contributed by atoms with Gasteiger partial charge >= 0.3 is 0 Å². The zero-order valence-electron chi connectivity index (χ0n) is 17.2. The molecule has 0 aromatic heterocycles. The lowest BCUT2D eigenvalue weighted by molar-refractivity contribution is 0.0258. The summed E-state index contributed by atoms with van der Waals surface area (Å²) in [6.07, 6.45) is 2.37. The molecule has 1 unspecified atom stereocenters. The fraction of sp³-hybridized carbons (Fsp3) is 0.632. The first-order chi connectivity index (χ1) is 12.2. The summed E-state index contributed by atoms with van der Waals surface area (Å²) in [6.45, 7) is 10.2. The number of aliphatic imine (C=N–C) groups is 1. The van der Waals surface area contributed by atoms with Crippen molar-refractivity contribution in [3.05, 3.63) is 29.3 Å². The maximum Gasteiger partial charge on any atom is 0.191 e. The normalized spacial score (nSPS) is 13.2. The smallest absolute Gasteiger partial charge is 0.191 e. The molecule has 27 heavy (non-hydrogen) atoms. The van der Waals surface area contributed by atoms with Crippen LogP contribution in [0.25, 0.3) is 0 Å². The van der Waals surface area contributed by atoms with E-state index in [4.69, 9.17) is 4.74 Å². The Balaban J connectivity index is 0.00000676. The Morgan fingerprint density at radius 1 is 1.26 bits per heavy atom. The van der Waals surface area contributed by atoms with Crippen molar-refractivity contribution in [1.29, 1.82) is 0 Å². The lowest BCUT2D eigenvalue weighted by atomic mass is 10.0. The molecule has 0 heterocycles. The van der Waals surface area contributed by atoms with Crippen LogP contribution in [0.15, 0.2) is 28.1 Å². The van der Waals surface area contributed by atoms with Crippen LogP contribution in [-0.2, 0) is 21.1 Å². The Labute approximate surface area is 181 Å². The first kappa shape index (κ1) is 26.1. The van der Waals surface area contributed by atoms with Gasteiger partial charge in [-0.15, -0.1) is 24.0 Å². The van der Waals surface area contributed by atoms with E-state index >= 15 is 0 Å². The second kappa shape index (κ2) is 12.6. The highest BCUT2D eigenvalue weighted by molar-refractivity contribution is 14.0. The van der Waals surface area contributed by atoms with Crippen molar-refractivity contribution in [3.63, 3.8) is 0 Å². The van der Waals surface area contributed by atoms with Crippen LogP contribution >= 0.6 is 24.0 Å². The van der Waals surface area contributed by atoms with E-state index in [2.05, 4.69) is 29.5 Å². The molecule has 1 atom stereocenters. The van der Waals surface area contributed by atoms with Crippen LogP contribution in [0.3, 0.4) is 0 Å². The zero-order valence-corrected chi connectivity index (χ0v) is 20.4. The molecule has 0 amide bonds. The quantitative estimate of drug-likeness (QED) is 0.303. The van der Waals surface area contributed by atoms with E-state index in [1.165, 1.54) is 6.26 Å². The fourth-order valence-corrected chi connectivity index (χ4v) is 3.76. The summed E-state index contributed by atoms with van der Waals surface area (Å²) in [4.78, 5) is 4.60. The molecule has 0 saturated heterocycles. The Bertz CT molecular complexity index is 706. The van der Waals surface area contributed by atoms with Gasteiger partial charge in [-0.25, -0.2) is 8.42 Å². The van der Waals surface area contributed by atoms with Gasteiger partial charge in [-0.05, 0) is 43.4 Å². The Hall–Kier alpha value is -0.870. The van der Waals surface area contributed by atoms with E-state index in [0.29, 0.717) is 23.3 Å². The number of guanidine groups is 1. The Morgan fingerprint density at radius 3 is 2.41 bits per heavy atom. The maximum atomic E-state index is 11.7. The van der Waals surface area contributed by atoms with E-state index in [1.54, 1.807) is 13.1 Å². The molecular formula is C19H34IN3O3S. The molecule has 0 radical (unpaired) electrons. The van der Waals surface area contributed by atoms with Gasteiger partial charge in [0.25, 0.3) is 0 Å². The van der Waals surface area contributed by atoms with Crippen molar-refractivity contribution in [2.24, 2.45) is 10.9 Å². The number of benzene rings is 1. The molecule has 0 aliphatic heterocycles. The highest BCUT2D eigenvalue weighted by Crippen LogP contribution is 2.16. The van der Waals surface area contributed by atoms with Crippen molar-refractivity contribution in [2.75, 3.05) is 26.5 Å². The van der Waals surface area contributed by atoms with Gasteiger partial charge in [0.2, 0.25) is 0 Å². The van der Waals surface area contributed by atoms with Crippen LogP contribution in [-0.4, -0.2) is 46.9 Å². The van der Waals surface area contributed by atoms with Crippen molar-refractivity contribution < 1.29 is 13.2 Å². The van der Waals surface area contributed by atoms with E-state index < -0.39 is 9.84 Å². The van der Waals surface area contributed by atoms with Crippen LogP contribution < -0.4 is 10.6 Å². The van der Waals surface area contributed by atoms with E-state index in [1.807, 2.05) is 26.0 Å². The molecule has 2 N–H and O–H groups in total. The monoisotopic (exact) mass is 511 g/mol. The number of hydrogen-bond donors (Lipinski definition) is 2.